The van der Waals surface area contributed by atoms with E-state index < -0.39 is 29.7 Å². The number of carbonyl (C=O) groups excluding carboxylic acids is 3. The Morgan fingerprint density at radius 1 is 1.25 bits per heavy atom. The first kappa shape index (κ1) is 17.4. The maximum atomic E-state index is 13.0. The summed E-state index contributed by atoms with van der Waals surface area (Å²) in [6, 6.07) is 4.68. The summed E-state index contributed by atoms with van der Waals surface area (Å²) < 4.78 is 18.0. The molecule has 1 heterocycles. The molecule has 0 saturated heterocycles. The lowest BCUT2D eigenvalue weighted by Gasteiger charge is -2.14. The summed E-state index contributed by atoms with van der Waals surface area (Å²) in [4.78, 5) is 35.3. The van der Waals surface area contributed by atoms with Crippen molar-refractivity contribution in [3.63, 3.8) is 0 Å². The lowest BCUT2D eigenvalue weighted by atomic mass is 10.2. The van der Waals surface area contributed by atoms with Crippen molar-refractivity contribution in [2.45, 2.75) is 13.0 Å². The number of anilines is 2. The highest BCUT2D eigenvalue weighted by atomic mass is 32.1. The predicted molar refractivity (Wildman–Crippen MR) is 87.2 cm³/mol. The maximum absolute atomic E-state index is 13.0. The number of carbonyl (C=O) groups is 3. The standard InChI is InChI=1S/C15H14FN3O4S/c1-7(13(21)19-14-10(12(18)20)4-5-24-14)23-15(22)9-3-2-8(16)6-11(9)17/h2-7H,17H2,1H3,(H2,18,20)(H,19,21)/t7-/m0/s1. The molecule has 0 bridgehead atoms. The van der Waals surface area contributed by atoms with Crippen molar-refractivity contribution in [1.29, 1.82) is 0 Å². The first-order valence-corrected chi connectivity index (χ1v) is 7.61. The summed E-state index contributed by atoms with van der Waals surface area (Å²) in [5, 5.41) is 4.31. The Kier molecular flexibility index (Phi) is 5.14. The van der Waals surface area contributed by atoms with Crippen LogP contribution in [0.3, 0.4) is 0 Å². The average molecular weight is 351 g/mol. The summed E-state index contributed by atoms with van der Waals surface area (Å²) >= 11 is 1.11. The van der Waals surface area contributed by atoms with Crippen molar-refractivity contribution in [2.24, 2.45) is 5.73 Å². The smallest absolute Gasteiger partial charge is 0.341 e. The summed E-state index contributed by atoms with van der Waals surface area (Å²) in [7, 11) is 0. The number of esters is 1. The van der Waals surface area contributed by atoms with Gasteiger partial charge in [-0.1, -0.05) is 0 Å². The summed E-state index contributed by atoms with van der Waals surface area (Å²) in [6.45, 7) is 1.35. The van der Waals surface area contributed by atoms with Crippen molar-refractivity contribution in [2.75, 3.05) is 11.1 Å². The molecule has 2 aromatic rings. The first-order chi connectivity index (χ1) is 11.3. The number of nitrogens with one attached hydrogen (secondary N) is 1. The SMILES string of the molecule is C[C@H](OC(=O)c1ccc(F)cc1N)C(=O)Nc1sccc1C(N)=O. The van der Waals surface area contributed by atoms with Gasteiger partial charge in [0.05, 0.1) is 11.1 Å². The number of amides is 2. The minimum Gasteiger partial charge on any atom is -0.449 e. The van der Waals surface area contributed by atoms with Gasteiger partial charge in [0, 0.05) is 5.69 Å². The second-order valence-corrected chi connectivity index (χ2v) is 5.71. The molecule has 126 valence electrons. The van der Waals surface area contributed by atoms with Crippen LogP contribution in [0.5, 0.6) is 0 Å². The van der Waals surface area contributed by atoms with E-state index in [1.807, 2.05) is 0 Å². The average Bonchev–Trinajstić information content (AvgIpc) is 2.95. The van der Waals surface area contributed by atoms with E-state index in [2.05, 4.69) is 5.32 Å². The minimum absolute atomic E-state index is 0.0509. The van der Waals surface area contributed by atoms with Gasteiger partial charge in [-0.15, -0.1) is 11.3 Å². The first-order valence-electron chi connectivity index (χ1n) is 6.73. The Hall–Kier alpha value is -2.94. The number of nitrogen functional groups attached to an aromatic ring is 1. The fraction of sp³-hybridized carbons (Fsp3) is 0.133. The number of ether oxygens (including phenoxy) is 1. The molecule has 0 aliphatic carbocycles. The molecule has 2 amide bonds. The molecule has 9 heteroatoms. The molecule has 2 rings (SSSR count). The number of halogens is 1. The van der Waals surface area contributed by atoms with Crippen LogP contribution in [-0.4, -0.2) is 23.9 Å². The number of thiophene rings is 1. The Morgan fingerprint density at radius 2 is 1.96 bits per heavy atom. The van der Waals surface area contributed by atoms with Crippen LogP contribution in [0.4, 0.5) is 15.1 Å². The van der Waals surface area contributed by atoms with Crippen LogP contribution in [-0.2, 0) is 9.53 Å². The lowest BCUT2D eigenvalue weighted by Crippen LogP contribution is -2.30. The highest BCUT2D eigenvalue weighted by Crippen LogP contribution is 2.23. The molecule has 0 unspecified atom stereocenters. The molecule has 5 N–H and O–H groups in total. The molecule has 0 aliphatic rings. The molecule has 1 aromatic carbocycles. The number of hydrogen-bond acceptors (Lipinski definition) is 6. The third-order valence-electron chi connectivity index (χ3n) is 3.05. The van der Waals surface area contributed by atoms with E-state index in [1.165, 1.54) is 19.1 Å². The molecular weight excluding hydrogens is 337 g/mol. The fourth-order valence-electron chi connectivity index (χ4n) is 1.81. The third kappa shape index (κ3) is 3.87. The molecule has 0 aliphatic heterocycles. The second kappa shape index (κ2) is 7.09. The van der Waals surface area contributed by atoms with Gasteiger partial charge in [0.2, 0.25) is 0 Å². The molecule has 1 aromatic heterocycles. The van der Waals surface area contributed by atoms with Crippen LogP contribution < -0.4 is 16.8 Å². The van der Waals surface area contributed by atoms with Crippen molar-refractivity contribution in [3.8, 4) is 0 Å². The Bertz CT molecular complexity index is 806. The van der Waals surface area contributed by atoms with Crippen molar-refractivity contribution in [1.82, 2.24) is 0 Å². The molecule has 0 radical (unpaired) electrons. The Labute approximate surface area is 140 Å². The zero-order valence-corrected chi connectivity index (χ0v) is 13.4. The topological polar surface area (TPSA) is 125 Å². The number of rotatable bonds is 5. The van der Waals surface area contributed by atoms with Gasteiger partial charge >= 0.3 is 5.97 Å². The molecule has 0 fully saturated rings. The zero-order valence-electron chi connectivity index (χ0n) is 12.5. The molecule has 0 spiro atoms. The van der Waals surface area contributed by atoms with Gasteiger partial charge in [0.25, 0.3) is 11.8 Å². The predicted octanol–water partition coefficient (Wildman–Crippen LogP) is 1.75. The molecule has 1 atom stereocenters. The van der Waals surface area contributed by atoms with Crippen molar-refractivity contribution in [3.05, 3.63) is 46.6 Å². The second-order valence-electron chi connectivity index (χ2n) is 4.80. The Morgan fingerprint density at radius 3 is 2.58 bits per heavy atom. The van der Waals surface area contributed by atoms with Crippen LogP contribution in [0, 0.1) is 5.82 Å². The van der Waals surface area contributed by atoms with E-state index in [9.17, 15) is 18.8 Å². The molecule has 24 heavy (non-hydrogen) atoms. The van der Waals surface area contributed by atoms with Gasteiger partial charge in [-0.25, -0.2) is 9.18 Å². The number of hydrogen-bond donors (Lipinski definition) is 3. The molecular formula is C15H14FN3O4S. The van der Waals surface area contributed by atoms with E-state index in [-0.39, 0.29) is 21.8 Å². The fourth-order valence-corrected chi connectivity index (χ4v) is 2.61. The summed E-state index contributed by atoms with van der Waals surface area (Å²) in [6.07, 6.45) is -1.16. The third-order valence-corrected chi connectivity index (χ3v) is 3.88. The van der Waals surface area contributed by atoms with Crippen LogP contribution in [0.25, 0.3) is 0 Å². The highest BCUT2D eigenvalue weighted by molar-refractivity contribution is 7.14. The van der Waals surface area contributed by atoms with E-state index in [1.54, 1.807) is 5.38 Å². The number of primary amides is 1. The van der Waals surface area contributed by atoms with E-state index in [0.717, 1.165) is 23.5 Å². The normalized spacial score (nSPS) is 11.6. The summed E-state index contributed by atoms with van der Waals surface area (Å²) in [5.74, 6) is -2.78. The number of benzene rings is 1. The van der Waals surface area contributed by atoms with Gasteiger partial charge in [0.1, 0.15) is 10.8 Å². The van der Waals surface area contributed by atoms with E-state index in [0.29, 0.717) is 0 Å². The number of nitrogens with two attached hydrogens (primary N) is 2. The Balaban J connectivity index is 2.04. The molecule has 7 nitrogen and oxygen atoms in total. The zero-order chi connectivity index (χ0) is 17.9. The van der Waals surface area contributed by atoms with Crippen LogP contribution >= 0.6 is 11.3 Å². The van der Waals surface area contributed by atoms with Crippen LogP contribution in [0.2, 0.25) is 0 Å². The van der Waals surface area contributed by atoms with Gasteiger partial charge in [-0.3, -0.25) is 9.59 Å². The molecule has 0 saturated carbocycles. The maximum Gasteiger partial charge on any atom is 0.341 e. The van der Waals surface area contributed by atoms with Crippen molar-refractivity contribution < 1.29 is 23.5 Å². The van der Waals surface area contributed by atoms with E-state index in [4.69, 9.17) is 16.2 Å². The van der Waals surface area contributed by atoms with Gasteiger partial charge in [-0.05, 0) is 36.6 Å². The minimum atomic E-state index is -1.16. The lowest BCUT2D eigenvalue weighted by molar-refractivity contribution is -0.123. The van der Waals surface area contributed by atoms with E-state index >= 15 is 0 Å². The van der Waals surface area contributed by atoms with Gasteiger partial charge < -0.3 is 21.5 Å². The highest BCUT2D eigenvalue weighted by Gasteiger charge is 2.22. The van der Waals surface area contributed by atoms with Crippen LogP contribution in [0.15, 0.2) is 29.6 Å². The van der Waals surface area contributed by atoms with Gasteiger partial charge in [0.15, 0.2) is 6.10 Å². The quantitative estimate of drug-likeness (QED) is 0.559. The largest absolute Gasteiger partial charge is 0.449 e. The van der Waals surface area contributed by atoms with Crippen LogP contribution in [0.1, 0.15) is 27.6 Å². The monoisotopic (exact) mass is 351 g/mol. The van der Waals surface area contributed by atoms with Gasteiger partial charge in [-0.2, -0.15) is 0 Å². The summed E-state index contributed by atoms with van der Waals surface area (Å²) in [5.41, 5.74) is 10.7. The van der Waals surface area contributed by atoms with Crippen molar-refractivity contribution >= 4 is 39.8 Å².